The molecule has 1 saturated carbocycles. The Kier molecular flexibility index (Phi) is 8.77. The van der Waals surface area contributed by atoms with E-state index in [0.717, 1.165) is 31.3 Å². The van der Waals surface area contributed by atoms with Gasteiger partial charge in [-0.1, -0.05) is 66.8 Å². The molecule has 29 heavy (non-hydrogen) atoms. The molecule has 3 rings (SSSR count). The molecular weight excluding hydrogens is 352 g/mol. The molecule has 0 aliphatic heterocycles. The first-order chi connectivity index (χ1) is 14.3. The van der Waals surface area contributed by atoms with Crippen molar-refractivity contribution >= 4 is 0 Å². The van der Waals surface area contributed by atoms with Gasteiger partial charge in [0, 0.05) is 6.61 Å². The van der Waals surface area contributed by atoms with E-state index < -0.39 is 0 Å². The first kappa shape index (κ1) is 21.6. The van der Waals surface area contributed by atoms with Crippen LogP contribution in [0.4, 0.5) is 0 Å². The number of hydrogen-bond acceptors (Lipinski definition) is 1. The summed E-state index contributed by atoms with van der Waals surface area (Å²) in [4.78, 5) is 0. The number of ether oxygens (including phenoxy) is 1. The molecule has 0 amide bonds. The first-order valence-electron chi connectivity index (χ1n) is 11.3. The molecule has 1 aliphatic carbocycles. The van der Waals surface area contributed by atoms with Crippen LogP contribution in [0.15, 0.2) is 73.3 Å². The van der Waals surface area contributed by atoms with E-state index in [2.05, 4.69) is 74.2 Å². The Morgan fingerprint density at radius 3 is 2.21 bits per heavy atom. The van der Waals surface area contributed by atoms with E-state index in [9.17, 15) is 0 Å². The van der Waals surface area contributed by atoms with Crippen molar-refractivity contribution in [2.24, 2.45) is 5.92 Å². The Morgan fingerprint density at radius 1 is 0.931 bits per heavy atom. The lowest BCUT2D eigenvalue weighted by Crippen LogP contribution is -2.12. The van der Waals surface area contributed by atoms with Crippen LogP contribution in [0.5, 0.6) is 0 Å². The minimum Gasteiger partial charge on any atom is -0.377 e. The minimum absolute atomic E-state index is 0.688. The quantitative estimate of drug-likeness (QED) is 0.295. The van der Waals surface area contributed by atoms with Gasteiger partial charge in [0.05, 0.1) is 6.61 Å². The molecule has 0 aromatic heterocycles. The largest absolute Gasteiger partial charge is 0.377 e. The maximum Gasteiger partial charge on any atom is 0.0716 e. The highest BCUT2D eigenvalue weighted by Gasteiger charge is 2.21. The molecule has 2 aromatic rings. The third-order valence-electron chi connectivity index (χ3n) is 6.19. The third kappa shape index (κ3) is 6.72. The Hall–Kier alpha value is -2.12. The van der Waals surface area contributed by atoms with Crippen molar-refractivity contribution in [2.45, 2.75) is 64.4 Å². The molecule has 1 heteroatoms. The van der Waals surface area contributed by atoms with Crippen molar-refractivity contribution in [3.05, 3.63) is 84.5 Å². The third-order valence-corrected chi connectivity index (χ3v) is 6.19. The zero-order valence-corrected chi connectivity index (χ0v) is 18.0. The Balaban J connectivity index is 1.50. The van der Waals surface area contributed by atoms with Crippen LogP contribution in [-0.2, 0) is 11.3 Å². The Labute approximate surface area is 177 Å². The molecule has 0 saturated heterocycles. The van der Waals surface area contributed by atoms with Crippen LogP contribution in [0.1, 0.15) is 68.9 Å². The molecule has 1 nitrogen and oxygen atoms in total. The van der Waals surface area contributed by atoms with Crippen molar-refractivity contribution in [1.29, 1.82) is 0 Å². The number of hydrogen-bond donors (Lipinski definition) is 0. The molecule has 1 fully saturated rings. The van der Waals surface area contributed by atoms with Crippen molar-refractivity contribution in [1.82, 2.24) is 0 Å². The lowest BCUT2D eigenvalue weighted by Gasteiger charge is -2.28. The number of unbranched alkanes of at least 4 members (excludes halogenated alkanes) is 1. The van der Waals surface area contributed by atoms with Gasteiger partial charge in [-0.3, -0.25) is 0 Å². The lowest BCUT2D eigenvalue weighted by atomic mass is 9.77. The highest BCUT2D eigenvalue weighted by molar-refractivity contribution is 5.64. The fourth-order valence-corrected chi connectivity index (χ4v) is 4.32. The summed E-state index contributed by atoms with van der Waals surface area (Å²) in [5.74, 6) is 1.64. The van der Waals surface area contributed by atoms with Crippen molar-refractivity contribution in [3.8, 4) is 11.1 Å². The second-order valence-corrected chi connectivity index (χ2v) is 8.32. The molecule has 0 radical (unpaired) electrons. The Bertz CT molecular complexity index is 746. The molecule has 154 valence electrons. The van der Waals surface area contributed by atoms with Crippen molar-refractivity contribution in [2.75, 3.05) is 6.61 Å². The van der Waals surface area contributed by atoms with E-state index in [1.165, 1.54) is 54.4 Å². The van der Waals surface area contributed by atoms with Gasteiger partial charge >= 0.3 is 0 Å². The van der Waals surface area contributed by atoms with E-state index >= 15 is 0 Å². The molecule has 0 N–H and O–H groups in total. The zero-order chi connectivity index (χ0) is 20.3. The smallest absolute Gasteiger partial charge is 0.0716 e. The van der Waals surface area contributed by atoms with Gasteiger partial charge in [-0.05, 0) is 86.0 Å². The van der Waals surface area contributed by atoms with Crippen LogP contribution >= 0.6 is 0 Å². The maximum absolute atomic E-state index is 5.73. The molecule has 0 atom stereocenters. The fraction of sp³-hybridized carbons (Fsp3) is 0.429. The van der Waals surface area contributed by atoms with Gasteiger partial charge in [0.25, 0.3) is 0 Å². The summed E-state index contributed by atoms with van der Waals surface area (Å²) in [5.41, 5.74) is 5.33. The van der Waals surface area contributed by atoms with Gasteiger partial charge in [-0.2, -0.15) is 0 Å². The van der Waals surface area contributed by atoms with Crippen LogP contribution in [0.3, 0.4) is 0 Å². The predicted molar refractivity (Wildman–Crippen MR) is 125 cm³/mol. The van der Waals surface area contributed by atoms with Crippen LogP contribution < -0.4 is 0 Å². The average Bonchev–Trinajstić information content (AvgIpc) is 2.78. The summed E-state index contributed by atoms with van der Waals surface area (Å²) >= 11 is 0. The highest BCUT2D eigenvalue weighted by atomic mass is 16.5. The molecule has 0 heterocycles. The van der Waals surface area contributed by atoms with Crippen LogP contribution in [-0.4, -0.2) is 6.61 Å². The lowest BCUT2D eigenvalue weighted by molar-refractivity contribution is 0.119. The second kappa shape index (κ2) is 11.8. The summed E-state index contributed by atoms with van der Waals surface area (Å²) in [5, 5.41) is 0. The summed E-state index contributed by atoms with van der Waals surface area (Å²) in [6.07, 6.45) is 15.2. The molecule has 0 bridgehead atoms. The number of rotatable bonds is 10. The van der Waals surface area contributed by atoms with E-state index in [0.29, 0.717) is 6.61 Å². The summed E-state index contributed by atoms with van der Waals surface area (Å²) in [6, 6.07) is 18.1. The van der Waals surface area contributed by atoms with Gasteiger partial charge in [0.15, 0.2) is 0 Å². The highest BCUT2D eigenvalue weighted by Crippen LogP contribution is 2.37. The molecular formula is C28H36O. The number of benzene rings is 2. The van der Waals surface area contributed by atoms with Crippen molar-refractivity contribution < 1.29 is 4.74 Å². The van der Waals surface area contributed by atoms with Gasteiger partial charge in [0.1, 0.15) is 0 Å². The van der Waals surface area contributed by atoms with Crippen molar-refractivity contribution in [3.63, 3.8) is 0 Å². The fourth-order valence-electron chi connectivity index (χ4n) is 4.32. The zero-order valence-electron chi connectivity index (χ0n) is 18.0. The average molecular weight is 389 g/mol. The molecule has 2 aromatic carbocycles. The monoisotopic (exact) mass is 388 g/mol. The minimum atomic E-state index is 0.688. The summed E-state index contributed by atoms with van der Waals surface area (Å²) in [7, 11) is 0. The standard InChI is InChI=1S/C28H36O/c1-3-5-7-21-29-22-24-11-15-26(16-12-24)28-19-17-27(18-20-28)25-13-9-23(10-14-25)8-6-4-2/h3-4,6,11-12,15-20,23,25H,1,5,7-10,13-14,21-22H2,2H3/t23-,25-. The molecule has 0 spiro atoms. The van der Waals surface area contributed by atoms with Gasteiger partial charge in [-0.15, -0.1) is 6.58 Å². The maximum atomic E-state index is 5.73. The summed E-state index contributed by atoms with van der Waals surface area (Å²) in [6.45, 7) is 7.35. The van der Waals surface area contributed by atoms with Crippen LogP contribution in [0.25, 0.3) is 11.1 Å². The topological polar surface area (TPSA) is 9.23 Å². The van der Waals surface area contributed by atoms with E-state index in [1.54, 1.807) is 0 Å². The number of allylic oxidation sites excluding steroid dienone is 3. The van der Waals surface area contributed by atoms with Gasteiger partial charge in [-0.25, -0.2) is 0 Å². The molecule has 1 aliphatic rings. The molecule has 0 unspecified atom stereocenters. The van der Waals surface area contributed by atoms with Gasteiger partial charge in [0.2, 0.25) is 0 Å². The summed E-state index contributed by atoms with van der Waals surface area (Å²) < 4.78 is 5.73. The Morgan fingerprint density at radius 2 is 1.59 bits per heavy atom. The second-order valence-electron chi connectivity index (χ2n) is 8.32. The van der Waals surface area contributed by atoms with E-state index in [-0.39, 0.29) is 0 Å². The van der Waals surface area contributed by atoms with E-state index in [4.69, 9.17) is 4.74 Å². The normalized spacial score (nSPS) is 19.5. The predicted octanol–water partition coefficient (Wildman–Crippen LogP) is 8.08. The van der Waals surface area contributed by atoms with E-state index in [1.807, 2.05) is 6.08 Å². The van der Waals surface area contributed by atoms with Gasteiger partial charge < -0.3 is 4.74 Å². The SMILES string of the molecule is C=CCCCOCc1ccc(-c2ccc([C@H]3CC[C@H](CC=CC)CC3)cc2)cc1. The van der Waals surface area contributed by atoms with Crippen LogP contribution in [0.2, 0.25) is 0 Å². The van der Waals surface area contributed by atoms with Crippen LogP contribution in [0, 0.1) is 5.92 Å². The first-order valence-corrected chi connectivity index (χ1v) is 11.3.